The van der Waals surface area contributed by atoms with E-state index in [-0.39, 0.29) is 17.0 Å². The number of anilines is 1. The van der Waals surface area contributed by atoms with Gasteiger partial charge in [0.2, 0.25) is 11.6 Å². The number of aliphatic carboxylic acids is 1. The van der Waals surface area contributed by atoms with Crippen LogP contribution >= 0.6 is 23.5 Å². The second-order valence-corrected chi connectivity index (χ2v) is 7.99. The lowest BCUT2D eigenvalue weighted by Crippen LogP contribution is -2.60. The van der Waals surface area contributed by atoms with Gasteiger partial charge >= 0.3 is 5.97 Å². The quantitative estimate of drug-likeness (QED) is 0.438. The van der Waals surface area contributed by atoms with Crippen LogP contribution in [0.3, 0.4) is 0 Å². The van der Waals surface area contributed by atoms with Crippen molar-refractivity contribution in [2.24, 2.45) is 5.92 Å². The molecule has 0 aromatic carbocycles. The van der Waals surface area contributed by atoms with Crippen LogP contribution in [0.25, 0.3) is 5.65 Å². The molecule has 26 heavy (non-hydrogen) atoms. The standard InChI is InChI=1S/C13H13N7O4S2/c1-4(21)8-11(22)19-9(13(23)24)6(26-12(8)19)3-25-7-2-5(14)10-15-17-18-20(10)16-7/h2,4,8,12,21H,3,14H2,1H3,(H,23,24)/t4?,8-,12+/m0/s1. The van der Waals surface area contributed by atoms with Gasteiger partial charge in [-0.1, -0.05) is 11.8 Å². The molecule has 2 aliphatic heterocycles. The summed E-state index contributed by atoms with van der Waals surface area (Å²) >= 11 is 2.55. The molecule has 13 heteroatoms. The van der Waals surface area contributed by atoms with Gasteiger partial charge < -0.3 is 15.9 Å². The zero-order valence-electron chi connectivity index (χ0n) is 13.3. The number of aromatic nitrogens is 5. The van der Waals surface area contributed by atoms with Gasteiger partial charge in [0.1, 0.15) is 16.1 Å². The fraction of sp³-hybridized carbons (Fsp3) is 0.385. The van der Waals surface area contributed by atoms with Crippen molar-refractivity contribution in [3.63, 3.8) is 0 Å². The second kappa shape index (κ2) is 6.10. The Hall–Kier alpha value is -2.38. The van der Waals surface area contributed by atoms with Gasteiger partial charge in [-0.05, 0) is 23.4 Å². The molecule has 0 saturated carbocycles. The number of amides is 1. The Morgan fingerprint density at radius 1 is 1.54 bits per heavy atom. The molecule has 0 radical (unpaired) electrons. The molecule has 136 valence electrons. The molecule has 11 nitrogen and oxygen atoms in total. The molecule has 1 saturated heterocycles. The average Bonchev–Trinajstić information content (AvgIpc) is 3.15. The van der Waals surface area contributed by atoms with Crippen LogP contribution in [-0.2, 0) is 9.59 Å². The number of nitrogens with zero attached hydrogens (tertiary/aromatic N) is 6. The van der Waals surface area contributed by atoms with E-state index in [1.54, 1.807) is 6.07 Å². The number of thioether (sulfide) groups is 2. The monoisotopic (exact) mass is 395 g/mol. The van der Waals surface area contributed by atoms with Crippen LogP contribution in [0.4, 0.5) is 5.69 Å². The smallest absolute Gasteiger partial charge is 0.353 e. The summed E-state index contributed by atoms with van der Waals surface area (Å²) in [6.45, 7) is 1.53. The van der Waals surface area contributed by atoms with E-state index in [1.807, 2.05) is 0 Å². The van der Waals surface area contributed by atoms with E-state index in [0.717, 1.165) is 0 Å². The Kier molecular flexibility index (Phi) is 4.00. The number of aliphatic hydroxyl groups excluding tert-OH is 1. The average molecular weight is 395 g/mol. The third-order valence-electron chi connectivity index (χ3n) is 4.11. The number of fused-ring (bicyclic) bond motifs is 2. The third kappa shape index (κ3) is 2.50. The Morgan fingerprint density at radius 2 is 2.31 bits per heavy atom. The minimum absolute atomic E-state index is 0.0362. The molecule has 4 rings (SSSR count). The topological polar surface area (TPSA) is 160 Å². The Bertz CT molecular complexity index is 959. The van der Waals surface area contributed by atoms with Crippen molar-refractivity contribution in [3.05, 3.63) is 16.7 Å². The number of carbonyl (C=O) groups is 2. The van der Waals surface area contributed by atoms with E-state index in [4.69, 9.17) is 5.73 Å². The highest BCUT2D eigenvalue weighted by Gasteiger charge is 2.57. The Morgan fingerprint density at radius 3 is 3.00 bits per heavy atom. The molecule has 4 heterocycles. The van der Waals surface area contributed by atoms with Crippen LogP contribution in [0.2, 0.25) is 0 Å². The van der Waals surface area contributed by atoms with Gasteiger partial charge in [0.05, 0.1) is 17.7 Å². The third-order valence-corrected chi connectivity index (χ3v) is 6.59. The number of rotatable bonds is 5. The Labute approximate surface area is 154 Å². The first-order valence-corrected chi connectivity index (χ1v) is 9.37. The van der Waals surface area contributed by atoms with Crippen LogP contribution in [0, 0.1) is 5.92 Å². The van der Waals surface area contributed by atoms with Gasteiger partial charge in [0.15, 0.2) is 0 Å². The maximum absolute atomic E-state index is 12.2. The van der Waals surface area contributed by atoms with E-state index in [9.17, 15) is 19.8 Å². The largest absolute Gasteiger partial charge is 0.477 e. The molecule has 0 aliphatic carbocycles. The fourth-order valence-corrected chi connectivity index (χ4v) is 5.51. The second-order valence-electron chi connectivity index (χ2n) is 5.78. The lowest BCUT2D eigenvalue weighted by atomic mass is 9.92. The summed E-state index contributed by atoms with van der Waals surface area (Å²) in [7, 11) is 0. The number of hydrogen-bond donors (Lipinski definition) is 3. The normalized spacial score (nSPS) is 23.3. The van der Waals surface area contributed by atoms with Gasteiger partial charge in [-0.2, -0.15) is 0 Å². The van der Waals surface area contributed by atoms with Crippen molar-refractivity contribution in [1.29, 1.82) is 0 Å². The first-order valence-electron chi connectivity index (χ1n) is 7.50. The molecule has 1 fully saturated rings. The van der Waals surface area contributed by atoms with E-state index in [0.29, 0.717) is 27.0 Å². The summed E-state index contributed by atoms with van der Waals surface area (Å²) in [5.41, 5.74) is 6.53. The van der Waals surface area contributed by atoms with Crippen molar-refractivity contribution in [2.45, 2.75) is 23.4 Å². The molecule has 2 aliphatic rings. The number of tetrazole rings is 1. The zero-order chi connectivity index (χ0) is 18.6. The molecule has 1 unspecified atom stereocenters. The number of nitrogen functional groups attached to an aromatic ring is 1. The molecule has 2 aromatic heterocycles. The predicted molar refractivity (Wildman–Crippen MR) is 91.8 cm³/mol. The minimum Gasteiger partial charge on any atom is -0.477 e. The molecule has 2 aromatic rings. The molecule has 3 atom stereocenters. The van der Waals surface area contributed by atoms with Crippen LogP contribution in [0.5, 0.6) is 0 Å². The maximum Gasteiger partial charge on any atom is 0.353 e. The zero-order valence-corrected chi connectivity index (χ0v) is 14.9. The highest BCUT2D eigenvalue weighted by atomic mass is 32.2. The van der Waals surface area contributed by atoms with Crippen LogP contribution in [0.1, 0.15) is 6.92 Å². The molecule has 1 amide bonds. The van der Waals surface area contributed by atoms with Gasteiger partial charge in [-0.15, -0.1) is 26.6 Å². The number of hydrogen-bond acceptors (Lipinski definition) is 10. The van der Waals surface area contributed by atoms with Crippen molar-refractivity contribution in [1.82, 2.24) is 30.2 Å². The summed E-state index contributed by atoms with van der Waals surface area (Å²) in [6.07, 6.45) is -0.831. The van der Waals surface area contributed by atoms with E-state index >= 15 is 0 Å². The molecule has 4 N–H and O–H groups in total. The van der Waals surface area contributed by atoms with E-state index in [2.05, 4.69) is 20.6 Å². The predicted octanol–water partition coefficient (Wildman–Crippen LogP) is -0.598. The number of nitrogens with two attached hydrogens (primary N) is 1. The number of carboxylic acids is 1. The highest BCUT2D eigenvalue weighted by Crippen LogP contribution is 2.51. The summed E-state index contributed by atoms with van der Waals surface area (Å²) in [6, 6.07) is 1.61. The fourth-order valence-electron chi connectivity index (χ4n) is 2.91. The first kappa shape index (κ1) is 17.1. The summed E-state index contributed by atoms with van der Waals surface area (Å²) < 4.78 is 1.20. The van der Waals surface area contributed by atoms with Gasteiger partial charge in [-0.25, -0.2) is 4.79 Å². The number of β-lactam (4-membered cyclic amide) rings is 1. The lowest BCUT2D eigenvalue weighted by molar-refractivity contribution is -0.156. The lowest BCUT2D eigenvalue weighted by Gasteiger charge is -2.43. The number of aliphatic hydroxyl groups is 1. The van der Waals surface area contributed by atoms with Crippen molar-refractivity contribution in [3.8, 4) is 0 Å². The van der Waals surface area contributed by atoms with Gasteiger partial charge in [-0.3, -0.25) is 9.69 Å². The van der Waals surface area contributed by atoms with Crippen molar-refractivity contribution in [2.75, 3.05) is 11.5 Å². The summed E-state index contributed by atoms with van der Waals surface area (Å²) in [5.74, 6) is -1.84. The molecular formula is C13H13N7O4S2. The first-order chi connectivity index (χ1) is 12.4. The maximum atomic E-state index is 12.2. The van der Waals surface area contributed by atoms with Gasteiger partial charge in [0.25, 0.3) is 0 Å². The van der Waals surface area contributed by atoms with Crippen molar-refractivity contribution < 1.29 is 19.8 Å². The SMILES string of the molecule is CC(O)[C@H]1C(=O)N2C(C(=O)O)=C(CSc3cc(N)c4nnnn4n3)S[C@H]12. The number of carboxylic acid groups (broad SMARTS) is 1. The molecular weight excluding hydrogens is 382 g/mol. The molecule has 0 bridgehead atoms. The molecule has 0 spiro atoms. The summed E-state index contributed by atoms with van der Waals surface area (Å²) in [4.78, 5) is 25.6. The van der Waals surface area contributed by atoms with Crippen molar-refractivity contribution >= 4 is 46.7 Å². The Balaban J connectivity index is 1.57. The van der Waals surface area contributed by atoms with Gasteiger partial charge in [0, 0.05) is 10.7 Å². The summed E-state index contributed by atoms with van der Waals surface area (Å²) in [5, 5.41) is 34.5. The van der Waals surface area contributed by atoms with E-state index < -0.39 is 18.0 Å². The highest BCUT2D eigenvalue weighted by molar-refractivity contribution is 8.06. The van der Waals surface area contributed by atoms with Crippen LogP contribution < -0.4 is 5.73 Å². The van der Waals surface area contributed by atoms with Crippen LogP contribution in [-0.4, -0.2) is 69.5 Å². The van der Waals surface area contributed by atoms with Crippen LogP contribution in [0.15, 0.2) is 21.7 Å². The minimum atomic E-state index is -1.17. The number of carbonyl (C=O) groups excluding carboxylic acids is 1. The van der Waals surface area contributed by atoms with E-state index in [1.165, 1.54) is 40.0 Å².